The number of allylic oxidation sites excluding steroid dienone is 12. The van der Waals surface area contributed by atoms with Crippen molar-refractivity contribution < 1.29 is 0 Å². The molecule has 0 nitrogen and oxygen atoms in total. The maximum atomic E-state index is 4.15. The van der Waals surface area contributed by atoms with E-state index in [0.717, 1.165) is 24.0 Å². The predicted octanol–water partition coefficient (Wildman–Crippen LogP) is 11.1. The molecule has 0 amide bonds. The summed E-state index contributed by atoms with van der Waals surface area (Å²) < 4.78 is 0. The lowest BCUT2D eigenvalue weighted by molar-refractivity contribution is 0.856. The van der Waals surface area contributed by atoms with Gasteiger partial charge in [0.05, 0.1) is 0 Å². The Balaban J connectivity index is -0.000000296. The highest BCUT2D eigenvalue weighted by molar-refractivity contribution is 5.48. The molecule has 0 aliphatic heterocycles. The zero-order valence-electron chi connectivity index (χ0n) is 22.7. The molecule has 0 N–H and O–H groups in total. The molecule has 0 atom stereocenters. The van der Waals surface area contributed by atoms with Crippen molar-refractivity contribution in [3.63, 3.8) is 0 Å². The minimum atomic E-state index is 1.06. The monoisotopic (exact) mass is 414 g/mol. The quantitative estimate of drug-likeness (QED) is 0.401. The molecule has 0 aromatic carbocycles. The van der Waals surface area contributed by atoms with Crippen LogP contribution in [-0.2, 0) is 0 Å². The number of rotatable bonds is 4. The van der Waals surface area contributed by atoms with Gasteiger partial charge in [0.15, 0.2) is 0 Å². The third-order valence-corrected chi connectivity index (χ3v) is 3.90. The molecular weight excluding hydrogens is 360 g/mol. The highest BCUT2D eigenvalue weighted by Gasteiger charge is 2.12. The van der Waals surface area contributed by atoms with Gasteiger partial charge >= 0.3 is 0 Å². The minimum Gasteiger partial charge on any atom is -0.0961 e. The van der Waals surface area contributed by atoms with Gasteiger partial charge in [-0.2, -0.15) is 0 Å². The van der Waals surface area contributed by atoms with Crippen LogP contribution < -0.4 is 0 Å². The number of hydrogen-bond acceptors (Lipinski definition) is 0. The molecule has 0 radical (unpaired) electrons. The molecule has 174 valence electrons. The van der Waals surface area contributed by atoms with Crippen molar-refractivity contribution in [2.45, 2.75) is 109 Å². The van der Waals surface area contributed by atoms with Crippen LogP contribution in [0.5, 0.6) is 0 Å². The maximum absolute atomic E-state index is 4.15. The van der Waals surface area contributed by atoms with Crippen LogP contribution in [0.15, 0.2) is 83.1 Å². The van der Waals surface area contributed by atoms with E-state index in [2.05, 4.69) is 50.5 Å². The van der Waals surface area contributed by atoms with Crippen molar-refractivity contribution in [2.24, 2.45) is 0 Å². The summed E-state index contributed by atoms with van der Waals surface area (Å²) >= 11 is 0. The van der Waals surface area contributed by atoms with Gasteiger partial charge in [0.1, 0.15) is 0 Å². The first kappa shape index (κ1) is 35.6. The largest absolute Gasteiger partial charge is 0.0961 e. The average Bonchev–Trinajstić information content (AvgIpc) is 2.84. The molecular formula is C30H54. The summed E-state index contributed by atoms with van der Waals surface area (Å²) in [5.74, 6) is 0. The average molecular weight is 415 g/mol. The van der Waals surface area contributed by atoms with Crippen LogP contribution in [0.1, 0.15) is 109 Å². The standard InChI is InChI=1S/C20H24.5C2H6/c1-15(2)5-8-17(4)18-11-13-20(14-12-18)19-9-6-16(3)7-10-19;5*1-2/h5-6,8-9,11,13H,1,4,7,10,12,14H2,2-3H3;5*1-2H3/b8-5-;;;;;. The van der Waals surface area contributed by atoms with Crippen molar-refractivity contribution in [1.82, 2.24) is 0 Å². The van der Waals surface area contributed by atoms with Crippen LogP contribution in [0.2, 0.25) is 0 Å². The van der Waals surface area contributed by atoms with E-state index in [1.54, 1.807) is 0 Å². The van der Waals surface area contributed by atoms with Crippen LogP contribution in [-0.4, -0.2) is 0 Å². The van der Waals surface area contributed by atoms with Crippen molar-refractivity contribution in [3.05, 3.63) is 83.1 Å². The molecule has 0 aromatic rings. The van der Waals surface area contributed by atoms with Crippen LogP contribution in [0.4, 0.5) is 0 Å². The molecule has 0 saturated carbocycles. The second-order valence-electron chi connectivity index (χ2n) is 5.79. The van der Waals surface area contributed by atoms with E-state index in [9.17, 15) is 0 Å². The maximum Gasteiger partial charge on any atom is -0.0232 e. The molecule has 0 spiro atoms. The van der Waals surface area contributed by atoms with Gasteiger partial charge in [-0.1, -0.05) is 130 Å². The Morgan fingerprint density at radius 3 is 1.40 bits per heavy atom. The molecule has 2 aliphatic carbocycles. The Kier molecular flexibility index (Phi) is 32.3. The fourth-order valence-electron chi connectivity index (χ4n) is 2.53. The smallest absolute Gasteiger partial charge is 0.0232 e. The predicted molar refractivity (Wildman–Crippen MR) is 146 cm³/mol. The molecule has 0 heteroatoms. The summed E-state index contributed by atoms with van der Waals surface area (Å²) in [5, 5.41) is 0. The normalized spacial score (nSPS) is 13.7. The summed E-state index contributed by atoms with van der Waals surface area (Å²) in [6, 6.07) is 0. The highest BCUT2D eigenvalue weighted by Crippen LogP contribution is 2.32. The first-order chi connectivity index (χ1) is 14.6. The van der Waals surface area contributed by atoms with Crippen molar-refractivity contribution in [2.75, 3.05) is 0 Å². The third-order valence-electron chi connectivity index (χ3n) is 3.90. The van der Waals surface area contributed by atoms with E-state index in [4.69, 9.17) is 0 Å². The number of hydrogen-bond donors (Lipinski definition) is 0. The highest BCUT2D eigenvalue weighted by atomic mass is 14.2. The Morgan fingerprint density at radius 1 is 0.633 bits per heavy atom. The van der Waals surface area contributed by atoms with Crippen LogP contribution in [0, 0.1) is 0 Å². The Morgan fingerprint density at radius 2 is 1.07 bits per heavy atom. The van der Waals surface area contributed by atoms with Crippen LogP contribution in [0.3, 0.4) is 0 Å². The topological polar surface area (TPSA) is 0 Å². The van der Waals surface area contributed by atoms with Gasteiger partial charge in [0.2, 0.25) is 0 Å². The molecule has 0 aromatic heterocycles. The van der Waals surface area contributed by atoms with Gasteiger partial charge in [-0.3, -0.25) is 0 Å². The van der Waals surface area contributed by atoms with Gasteiger partial charge in [0.25, 0.3) is 0 Å². The SMILES string of the molecule is C=C(C)/C=C\C(=C)C1=CC=C(C2=CC=C(C)CC2)CC1.CC.CC.CC.CC.CC. The molecule has 0 unspecified atom stereocenters. The molecule has 0 heterocycles. The van der Waals surface area contributed by atoms with Crippen molar-refractivity contribution in [3.8, 4) is 0 Å². The van der Waals surface area contributed by atoms with E-state index in [1.807, 2.05) is 82.2 Å². The Bertz CT molecular complexity index is 571. The van der Waals surface area contributed by atoms with Crippen LogP contribution >= 0.6 is 0 Å². The first-order valence-electron chi connectivity index (χ1n) is 12.4. The molecule has 30 heavy (non-hydrogen) atoms. The molecule has 0 bridgehead atoms. The lowest BCUT2D eigenvalue weighted by Crippen LogP contribution is -2.00. The minimum absolute atomic E-state index is 1.06. The summed E-state index contributed by atoms with van der Waals surface area (Å²) in [6.07, 6.45) is 17.8. The molecule has 2 rings (SSSR count). The van der Waals surface area contributed by atoms with Crippen LogP contribution in [0.25, 0.3) is 0 Å². The molecule has 0 saturated heterocycles. The Labute approximate surface area is 192 Å². The lowest BCUT2D eigenvalue weighted by atomic mass is 9.86. The van der Waals surface area contributed by atoms with E-state index < -0.39 is 0 Å². The van der Waals surface area contributed by atoms with E-state index >= 15 is 0 Å². The van der Waals surface area contributed by atoms with Gasteiger partial charge in [0, 0.05) is 0 Å². The molecule has 0 fully saturated rings. The van der Waals surface area contributed by atoms with E-state index in [1.165, 1.54) is 35.1 Å². The summed E-state index contributed by atoms with van der Waals surface area (Å²) in [7, 11) is 0. The fourth-order valence-corrected chi connectivity index (χ4v) is 2.53. The summed E-state index contributed by atoms with van der Waals surface area (Å²) in [6.45, 7) is 32.2. The third kappa shape index (κ3) is 17.1. The zero-order valence-corrected chi connectivity index (χ0v) is 22.7. The van der Waals surface area contributed by atoms with Gasteiger partial charge in [-0.15, -0.1) is 0 Å². The second kappa shape index (κ2) is 27.2. The zero-order chi connectivity index (χ0) is 24.5. The van der Waals surface area contributed by atoms with E-state index in [-0.39, 0.29) is 0 Å². The van der Waals surface area contributed by atoms with Gasteiger partial charge < -0.3 is 0 Å². The Hall–Kier alpha value is -1.82. The fraction of sp³-hybridized carbons (Fsp3) is 0.533. The summed E-state index contributed by atoms with van der Waals surface area (Å²) in [5.41, 5.74) is 8.00. The molecule has 2 aliphatic rings. The van der Waals surface area contributed by atoms with E-state index in [0.29, 0.717) is 0 Å². The lowest BCUT2D eigenvalue weighted by Gasteiger charge is -2.19. The second-order valence-corrected chi connectivity index (χ2v) is 5.79. The van der Waals surface area contributed by atoms with Crippen molar-refractivity contribution in [1.29, 1.82) is 0 Å². The van der Waals surface area contributed by atoms with Gasteiger partial charge in [-0.05, 0) is 61.8 Å². The summed E-state index contributed by atoms with van der Waals surface area (Å²) in [4.78, 5) is 0. The van der Waals surface area contributed by atoms with Gasteiger partial charge in [-0.25, -0.2) is 0 Å². The first-order valence-corrected chi connectivity index (χ1v) is 12.4. The van der Waals surface area contributed by atoms with Crippen molar-refractivity contribution >= 4 is 0 Å².